The zero-order valence-corrected chi connectivity index (χ0v) is 21.1. The first kappa shape index (κ1) is 27.6. The first-order chi connectivity index (χ1) is 16.9. The van der Waals surface area contributed by atoms with Gasteiger partial charge in [0.1, 0.15) is 29.3 Å². The lowest BCUT2D eigenvalue weighted by atomic mass is 9.62. The summed E-state index contributed by atoms with van der Waals surface area (Å²) in [5.41, 5.74) is -2.48. The third kappa shape index (κ3) is 4.97. The normalized spacial score (nSPS) is 32.6. The minimum atomic E-state index is -1.17. The fourth-order valence-electron chi connectivity index (χ4n) is 5.80. The molecule has 1 heterocycles. The van der Waals surface area contributed by atoms with E-state index in [0.29, 0.717) is 24.0 Å². The molecular weight excluding hydrogens is 472 g/mol. The molecule has 3 rings (SSSR count). The number of carbonyl (C=O) groups excluding carboxylic acids is 4. The Labute approximate surface area is 209 Å². The van der Waals surface area contributed by atoms with Crippen LogP contribution in [0.3, 0.4) is 0 Å². The highest BCUT2D eigenvalue weighted by atomic mass is 16.6. The van der Waals surface area contributed by atoms with Crippen molar-refractivity contribution in [2.75, 3.05) is 20.3 Å². The number of hydrogen-bond acceptors (Lipinski definition) is 10. The fourth-order valence-corrected chi connectivity index (χ4v) is 5.80. The molecule has 0 aromatic rings. The van der Waals surface area contributed by atoms with Crippen molar-refractivity contribution in [1.29, 1.82) is 0 Å². The third-order valence-electron chi connectivity index (χ3n) is 7.52. The van der Waals surface area contributed by atoms with Crippen LogP contribution >= 0.6 is 0 Å². The van der Waals surface area contributed by atoms with Gasteiger partial charge in [-0.25, -0.2) is 9.59 Å². The smallest absolute Gasteiger partial charge is 0.333 e. The number of cyclic esters (lactones) is 1. The van der Waals surface area contributed by atoms with Gasteiger partial charge in [0.05, 0.1) is 13.7 Å². The van der Waals surface area contributed by atoms with E-state index in [1.54, 1.807) is 32.1 Å². The molecule has 1 saturated carbocycles. The summed E-state index contributed by atoms with van der Waals surface area (Å²) in [6.45, 7) is 3.85. The highest BCUT2D eigenvalue weighted by Gasteiger charge is 2.74. The van der Waals surface area contributed by atoms with Crippen LogP contribution in [-0.2, 0) is 38.1 Å². The van der Waals surface area contributed by atoms with E-state index >= 15 is 0 Å². The number of esters is 4. The minimum Gasteiger partial charge on any atom is -0.466 e. The standard InChI is InChI=1S/C26H34O10/c1-16(13-21(30)34-15-19(29)14-27)5-9-24(3)20-8-11-25(23(32)36-24)10-6-18(22(31)33-4)7-12-26(20,25)35-17(2)28/h5-6,9,13,19-20,27,29H,7-8,10-12,14-15H2,1-4H3/b9-5+,16-13+/t19?,20-,24+,25+,26-/m0/s1. The van der Waals surface area contributed by atoms with E-state index in [4.69, 9.17) is 24.1 Å². The summed E-state index contributed by atoms with van der Waals surface area (Å²) >= 11 is 0. The van der Waals surface area contributed by atoms with E-state index in [1.165, 1.54) is 20.1 Å². The van der Waals surface area contributed by atoms with Gasteiger partial charge in [0.2, 0.25) is 0 Å². The van der Waals surface area contributed by atoms with Gasteiger partial charge in [-0.2, -0.15) is 0 Å². The summed E-state index contributed by atoms with van der Waals surface area (Å²) in [6.07, 6.45) is 6.81. The van der Waals surface area contributed by atoms with Crippen LogP contribution < -0.4 is 0 Å². The molecular formula is C26H34O10. The van der Waals surface area contributed by atoms with Crippen LogP contribution in [0, 0.1) is 11.3 Å². The molecule has 0 aromatic carbocycles. The second-order valence-corrected chi connectivity index (χ2v) is 9.84. The highest BCUT2D eigenvalue weighted by Crippen LogP contribution is 2.65. The predicted molar refractivity (Wildman–Crippen MR) is 125 cm³/mol. The lowest BCUT2D eigenvalue weighted by Gasteiger charge is -2.54. The maximum absolute atomic E-state index is 13.6. The van der Waals surface area contributed by atoms with Gasteiger partial charge in [0, 0.05) is 24.5 Å². The molecule has 36 heavy (non-hydrogen) atoms. The molecule has 2 bridgehead atoms. The molecule has 1 aliphatic heterocycles. The topological polar surface area (TPSA) is 146 Å². The number of carbonyl (C=O) groups is 4. The Morgan fingerprint density at radius 1 is 1.28 bits per heavy atom. The molecule has 0 spiro atoms. The molecule has 0 amide bonds. The molecule has 5 atom stereocenters. The molecule has 3 aliphatic rings. The van der Waals surface area contributed by atoms with Gasteiger partial charge in [-0.3, -0.25) is 9.59 Å². The largest absolute Gasteiger partial charge is 0.466 e. The molecule has 0 radical (unpaired) electrons. The summed E-state index contributed by atoms with van der Waals surface area (Å²) in [5.74, 6) is -2.57. The van der Waals surface area contributed by atoms with Gasteiger partial charge in [0.15, 0.2) is 0 Å². The van der Waals surface area contributed by atoms with Gasteiger partial charge < -0.3 is 29.2 Å². The zero-order valence-electron chi connectivity index (χ0n) is 21.1. The van der Waals surface area contributed by atoms with Crippen LogP contribution in [0.1, 0.15) is 52.9 Å². The van der Waals surface area contributed by atoms with Crippen LogP contribution in [0.2, 0.25) is 0 Å². The van der Waals surface area contributed by atoms with Crippen molar-refractivity contribution in [2.45, 2.75) is 70.2 Å². The molecule has 0 aromatic heterocycles. The lowest BCUT2D eigenvalue weighted by molar-refractivity contribution is -0.235. The zero-order chi connectivity index (χ0) is 26.7. The Morgan fingerprint density at radius 3 is 2.64 bits per heavy atom. The number of aliphatic hydroxyl groups excluding tert-OH is 2. The van der Waals surface area contributed by atoms with Gasteiger partial charge in [-0.05, 0) is 57.6 Å². The summed E-state index contributed by atoms with van der Waals surface area (Å²) in [6, 6.07) is 0. The van der Waals surface area contributed by atoms with Crippen LogP contribution in [0.25, 0.3) is 0 Å². The van der Waals surface area contributed by atoms with Crippen molar-refractivity contribution >= 4 is 23.9 Å². The van der Waals surface area contributed by atoms with Crippen molar-refractivity contribution in [1.82, 2.24) is 0 Å². The average molecular weight is 507 g/mol. The van der Waals surface area contributed by atoms with Crippen molar-refractivity contribution in [2.24, 2.45) is 11.3 Å². The molecule has 2 aliphatic carbocycles. The number of hydrogen-bond donors (Lipinski definition) is 2. The van der Waals surface area contributed by atoms with E-state index < -0.39 is 53.2 Å². The van der Waals surface area contributed by atoms with Crippen LogP contribution in [0.4, 0.5) is 0 Å². The van der Waals surface area contributed by atoms with Gasteiger partial charge in [0.25, 0.3) is 0 Å². The molecule has 10 heteroatoms. The molecule has 10 nitrogen and oxygen atoms in total. The molecule has 1 unspecified atom stereocenters. The van der Waals surface area contributed by atoms with E-state index in [-0.39, 0.29) is 31.8 Å². The monoisotopic (exact) mass is 506 g/mol. The van der Waals surface area contributed by atoms with Crippen LogP contribution in [-0.4, -0.2) is 71.7 Å². The number of rotatable bonds is 8. The average Bonchev–Trinajstić information content (AvgIpc) is 2.97. The van der Waals surface area contributed by atoms with Gasteiger partial charge in [-0.1, -0.05) is 12.2 Å². The Hall–Kier alpha value is -2.98. The lowest BCUT2D eigenvalue weighted by Crippen LogP contribution is -2.65. The third-order valence-corrected chi connectivity index (χ3v) is 7.52. The molecule has 2 N–H and O–H groups in total. The fraction of sp³-hybridized carbons (Fsp3) is 0.615. The molecule has 198 valence electrons. The number of aliphatic hydroxyl groups is 2. The number of methoxy groups -OCH3 is 1. The van der Waals surface area contributed by atoms with E-state index in [9.17, 15) is 24.3 Å². The second-order valence-electron chi connectivity index (χ2n) is 9.84. The summed E-state index contributed by atoms with van der Waals surface area (Å²) in [7, 11) is 1.30. The van der Waals surface area contributed by atoms with E-state index in [1.807, 2.05) is 0 Å². The summed E-state index contributed by atoms with van der Waals surface area (Å²) in [5, 5.41) is 18.1. The molecule has 1 saturated heterocycles. The maximum atomic E-state index is 13.6. The Morgan fingerprint density at radius 2 is 2.00 bits per heavy atom. The predicted octanol–water partition coefficient (Wildman–Crippen LogP) is 1.68. The molecule has 2 fully saturated rings. The van der Waals surface area contributed by atoms with Crippen LogP contribution in [0.15, 0.2) is 35.5 Å². The van der Waals surface area contributed by atoms with E-state index in [2.05, 4.69) is 0 Å². The van der Waals surface area contributed by atoms with Crippen molar-refractivity contribution in [3.8, 4) is 0 Å². The maximum Gasteiger partial charge on any atom is 0.333 e. The van der Waals surface area contributed by atoms with Gasteiger partial charge >= 0.3 is 23.9 Å². The number of ether oxygens (including phenoxy) is 4. The second kappa shape index (κ2) is 10.6. The Bertz CT molecular complexity index is 1010. The Balaban J connectivity index is 1.92. The summed E-state index contributed by atoms with van der Waals surface area (Å²) < 4.78 is 21.8. The first-order valence-corrected chi connectivity index (χ1v) is 12.0. The van der Waals surface area contributed by atoms with Gasteiger partial charge in [-0.15, -0.1) is 0 Å². The number of allylic oxidation sites excluding steroid dienone is 3. The SMILES string of the molecule is COC(=O)C1=CC[C@@]23CC[C@@H]([C@@](C)(/C=C/C(C)=C/C(=O)OCC(O)CO)OC2=O)[C@@]3(OC(C)=O)CC1. The van der Waals surface area contributed by atoms with E-state index in [0.717, 1.165) is 0 Å². The van der Waals surface area contributed by atoms with Crippen molar-refractivity contribution in [3.63, 3.8) is 0 Å². The minimum absolute atomic E-state index is 0.199. The highest BCUT2D eigenvalue weighted by molar-refractivity contribution is 5.89. The van der Waals surface area contributed by atoms with Crippen molar-refractivity contribution < 1.29 is 48.3 Å². The first-order valence-electron chi connectivity index (χ1n) is 12.0. The van der Waals surface area contributed by atoms with Crippen LogP contribution in [0.5, 0.6) is 0 Å². The summed E-state index contributed by atoms with van der Waals surface area (Å²) in [4.78, 5) is 50.1. The van der Waals surface area contributed by atoms with Crippen molar-refractivity contribution in [3.05, 3.63) is 35.5 Å². The Kier molecular flexibility index (Phi) is 8.10. The quantitative estimate of drug-likeness (QED) is 0.216.